The molecule has 0 unspecified atom stereocenters. The van der Waals surface area contributed by atoms with Crippen molar-refractivity contribution in [2.45, 2.75) is 6.10 Å². The Kier molecular flexibility index (Phi) is 1.32. The molecule has 1 saturated heterocycles. The second kappa shape index (κ2) is 2.20. The number of aliphatic carboxylic acids is 1. The number of oxime groups is 1. The van der Waals surface area contributed by atoms with Crippen LogP contribution in [0.15, 0.2) is 5.16 Å². The van der Waals surface area contributed by atoms with E-state index in [0.29, 0.717) is 13.1 Å². The molecule has 0 radical (unpaired) electrons. The molecule has 5 heteroatoms. The van der Waals surface area contributed by atoms with E-state index < -0.39 is 5.97 Å². The predicted molar refractivity (Wildman–Crippen MR) is 36.3 cm³/mol. The Labute approximate surface area is 63.0 Å². The average Bonchev–Trinajstić information content (AvgIpc) is 2.41. The van der Waals surface area contributed by atoms with Gasteiger partial charge in [-0.15, -0.1) is 0 Å². The van der Waals surface area contributed by atoms with Crippen molar-refractivity contribution in [1.29, 1.82) is 0 Å². The van der Waals surface area contributed by atoms with Crippen LogP contribution in [0.25, 0.3) is 0 Å². The second-order valence-corrected chi connectivity index (χ2v) is 2.69. The smallest absolute Gasteiger partial charge is 0.354 e. The summed E-state index contributed by atoms with van der Waals surface area (Å²) in [6.45, 7) is 1.36. The molecule has 2 aliphatic heterocycles. The van der Waals surface area contributed by atoms with Gasteiger partial charge in [0, 0.05) is 13.1 Å². The number of carboxylic acid groups (broad SMARTS) is 1. The molecular formula is C6H8N2O3. The van der Waals surface area contributed by atoms with Crippen molar-refractivity contribution in [3.8, 4) is 0 Å². The first-order valence-electron chi connectivity index (χ1n) is 3.47. The molecule has 0 bridgehead atoms. The van der Waals surface area contributed by atoms with Crippen molar-refractivity contribution in [3.05, 3.63) is 0 Å². The summed E-state index contributed by atoms with van der Waals surface area (Å²) in [5, 5.41) is 15.2. The van der Waals surface area contributed by atoms with Crippen LogP contribution >= 0.6 is 0 Å². The standard InChI is InChI=1S/C6H8N2O3/c9-6(10)5-3-1-7-2-4(3)11-8-5/h3-4,7H,1-2H2,(H,9,10)/t3-,4+/m0/s1. The first kappa shape index (κ1) is 6.60. The molecular weight excluding hydrogens is 148 g/mol. The van der Waals surface area contributed by atoms with Crippen molar-refractivity contribution in [2.75, 3.05) is 13.1 Å². The zero-order valence-electron chi connectivity index (χ0n) is 5.78. The van der Waals surface area contributed by atoms with Gasteiger partial charge in [0.15, 0.2) is 5.71 Å². The number of hydrogen-bond donors (Lipinski definition) is 2. The summed E-state index contributed by atoms with van der Waals surface area (Å²) >= 11 is 0. The topological polar surface area (TPSA) is 70.9 Å². The normalized spacial score (nSPS) is 34.4. The molecule has 2 atom stereocenters. The third-order valence-corrected chi connectivity index (χ3v) is 2.02. The van der Waals surface area contributed by atoms with Crippen LogP contribution in [0.1, 0.15) is 0 Å². The number of carbonyl (C=O) groups is 1. The first-order chi connectivity index (χ1) is 5.29. The van der Waals surface area contributed by atoms with Gasteiger partial charge in [0.05, 0.1) is 5.92 Å². The van der Waals surface area contributed by atoms with Crippen molar-refractivity contribution in [2.24, 2.45) is 11.1 Å². The van der Waals surface area contributed by atoms with Gasteiger partial charge in [-0.1, -0.05) is 5.16 Å². The maximum absolute atomic E-state index is 10.5. The van der Waals surface area contributed by atoms with Crippen LogP contribution in [0.2, 0.25) is 0 Å². The van der Waals surface area contributed by atoms with Crippen LogP contribution < -0.4 is 5.32 Å². The molecule has 1 fully saturated rings. The number of rotatable bonds is 1. The summed E-state index contributed by atoms with van der Waals surface area (Å²) in [6.07, 6.45) is -0.0545. The Morgan fingerprint density at radius 3 is 3.27 bits per heavy atom. The highest BCUT2D eigenvalue weighted by atomic mass is 16.6. The first-order valence-corrected chi connectivity index (χ1v) is 3.47. The van der Waals surface area contributed by atoms with Gasteiger partial charge in [-0.25, -0.2) is 4.79 Å². The van der Waals surface area contributed by atoms with Crippen LogP contribution in [0.3, 0.4) is 0 Å². The highest BCUT2D eigenvalue weighted by molar-refractivity contribution is 6.36. The van der Waals surface area contributed by atoms with Crippen molar-refractivity contribution >= 4 is 11.7 Å². The number of nitrogens with one attached hydrogen (secondary N) is 1. The maximum atomic E-state index is 10.5. The lowest BCUT2D eigenvalue weighted by Crippen LogP contribution is -2.26. The van der Waals surface area contributed by atoms with Crippen LogP contribution in [-0.2, 0) is 9.63 Å². The molecule has 2 rings (SSSR count). The van der Waals surface area contributed by atoms with E-state index in [-0.39, 0.29) is 17.7 Å². The van der Waals surface area contributed by atoms with E-state index in [4.69, 9.17) is 9.94 Å². The SMILES string of the molecule is O=C(O)C1=NO[C@@H]2CNC[C@H]12. The van der Waals surface area contributed by atoms with Gasteiger partial charge in [0.25, 0.3) is 0 Å². The van der Waals surface area contributed by atoms with Gasteiger partial charge in [-0.3, -0.25) is 0 Å². The van der Waals surface area contributed by atoms with Gasteiger partial charge in [-0.2, -0.15) is 0 Å². The van der Waals surface area contributed by atoms with E-state index in [2.05, 4.69) is 10.5 Å². The lowest BCUT2D eigenvalue weighted by molar-refractivity contribution is -0.129. The molecule has 2 heterocycles. The van der Waals surface area contributed by atoms with E-state index in [1.54, 1.807) is 0 Å². The van der Waals surface area contributed by atoms with E-state index >= 15 is 0 Å². The van der Waals surface area contributed by atoms with Crippen LogP contribution in [0, 0.1) is 5.92 Å². The fourth-order valence-corrected chi connectivity index (χ4v) is 1.43. The van der Waals surface area contributed by atoms with Gasteiger partial charge < -0.3 is 15.3 Å². The fourth-order valence-electron chi connectivity index (χ4n) is 1.43. The monoisotopic (exact) mass is 156 g/mol. The van der Waals surface area contributed by atoms with Gasteiger partial charge in [-0.05, 0) is 0 Å². The molecule has 2 aliphatic rings. The Bertz CT molecular complexity index is 226. The number of carboxylic acids is 1. The van der Waals surface area contributed by atoms with Gasteiger partial charge >= 0.3 is 5.97 Å². The molecule has 0 aromatic carbocycles. The molecule has 0 aromatic heterocycles. The summed E-state index contributed by atoms with van der Waals surface area (Å²) < 4.78 is 0. The number of nitrogens with zero attached hydrogens (tertiary/aromatic N) is 1. The van der Waals surface area contributed by atoms with Gasteiger partial charge in [0.1, 0.15) is 6.10 Å². The summed E-state index contributed by atoms with van der Waals surface area (Å²) in [5.74, 6) is -1.02. The number of hydrogen-bond acceptors (Lipinski definition) is 4. The molecule has 0 spiro atoms. The highest BCUT2D eigenvalue weighted by Gasteiger charge is 2.41. The predicted octanol–water partition coefficient (Wildman–Crippen LogP) is -0.955. The third kappa shape index (κ3) is 0.883. The molecule has 60 valence electrons. The Hall–Kier alpha value is -1.10. The Balaban J connectivity index is 2.18. The number of fused-ring (bicyclic) bond motifs is 1. The molecule has 0 aliphatic carbocycles. The highest BCUT2D eigenvalue weighted by Crippen LogP contribution is 2.21. The minimum absolute atomic E-state index is 0.0486. The van der Waals surface area contributed by atoms with Crippen molar-refractivity contribution in [1.82, 2.24) is 5.32 Å². The Morgan fingerprint density at radius 1 is 1.73 bits per heavy atom. The van der Waals surface area contributed by atoms with E-state index in [1.807, 2.05) is 0 Å². The molecule has 2 N–H and O–H groups in total. The summed E-state index contributed by atoms with van der Waals surface area (Å²) in [4.78, 5) is 15.4. The lowest BCUT2D eigenvalue weighted by atomic mass is 10.0. The largest absolute Gasteiger partial charge is 0.477 e. The molecule has 0 amide bonds. The van der Waals surface area contributed by atoms with Crippen LogP contribution in [-0.4, -0.2) is 36.0 Å². The zero-order chi connectivity index (χ0) is 7.84. The summed E-state index contributed by atoms with van der Waals surface area (Å²) in [7, 11) is 0. The summed E-state index contributed by atoms with van der Waals surface area (Å²) in [6, 6.07) is 0. The minimum atomic E-state index is -0.971. The second-order valence-electron chi connectivity index (χ2n) is 2.69. The molecule has 5 nitrogen and oxygen atoms in total. The molecule has 0 saturated carbocycles. The fraction of sp³-hybridized carbons (Fsp3) is 0.667. The molecule has 11 heavy (non-hydrogen) atoms. The van der Waals surface area contributed by atoms with Crippen molar-refractivity contribution < 1.29 is 14.7 Å². The van der Waals surface area contributed by atoms with E-state index in [9.17, 15) is 4.79 Å². The van der Waals surface area contributed by atoms with E-state index in [0.717, 1.165) is 0 Å². The average molecular weight is 156 g/mol. The zero-order valence-corrected chi connectivity index (χ0v) is 5.78. The maximum Gasteiger partial charge on any atom is 0.354 e. The van der Waals surface area contributed by atoms with Crippen LogP contribution in [0.4, 0.5) is 0 Å². The molecule has 0 aromatic rings. The van der Waals surface area contributed by atoms with Gasteiger partial charge in [0.2, 0.25) is 0 Å². The summed E-state index contributed by atoms with van der Waals surface area (Å²) in [5.41, 5.74) is 0.153. The quantitative estimate of drug-likeness (QED) is 0.513. The van der Waals surface area contributed by atoms with Crippen molar-refractivity contribution in [3.63, 3.8) is 0 Å². The minimum Gasteiger partial charge on any atom is -0.477 e. The van der Waals surface area contributed by atoms with E-state index in [1.165, 1.54) is 0 Å². The third-order valence-electron chi connectivity index (χ3n) is 2.02. The lowest BCUT2D eigenvalue weighted by Gasteiger charge is -2.03. The Morgan fingerprint density at radius 2 is 2.55 bits per heavy atom. The van der Waals surface area contributed by atoms with Crippen LogP contribution in [0.5, 0.6) is 0 Å².